The lowest BCUT2D eigenvalue weighted by atomic mass is 10.1. The zero-order valence-electron chi connectivity index (χ0n) is 7.28. The molecule has 1 aliphatic rings. The van der Waals surface area contributed by atoms with Crippen LogP contribution in [0.1, 0.15) is 5.56 Å². The van der Waals surface area contributed by atoms with Gasteiger partial charge in [0.15, 0.2) is 0 Å². The van der Waals surface area contributed by atoms with Gasteiger partial charge in [0.25, 0.3) is 0 Å². The van der Waals surface area contributed by atoms with Crippen LogP contribution in [0.3, 0.4) is 0 Å². The van der Waals surface area contributed by atoms with Crippen LogP contribution in [-0.2, 0) is 6.54 Å². The van der Waals surface area contributed by atoms with Crippen molar-refractivity contribution in [2.75, 3.05) is 13.1 Å². The number of hydrogen-bond donors (Lipinski definition) is 1. The number of β-amino-alcohol motifs (C(OH)–C–C–N with tert-alkyl or cyclic N) is 1. The van der Waals surface area contributed by atoms with Gasteiger partial charge in [-0.05, 0) is 17.7 Å². The second-order valence-electron chi connectivity index (χ2n) is 3.48. The Hall–Kier alpha value is -0.570. The lowest BCUT2D eigenvalue weighted by molar-refractivity contribution is -0.00286. The molecule has 0 bridgehead atoms. The van der Waals surface area contributed by atoms with E-state index >= 15 is 0 Å². The molecule has 1 fully saturated rings. The van der Waals surface area contributed by atoms with Crippen LogP contribution >= 0.6 is 11.6 Å². The fourth-order valence-electron chi connectivity index (χ4n) is 1.57. The molecule has 1 saturated heterocycles. The number of likely N-dealkylation sites (tertiary alicyclic amines) is 1. The summed E-state index contributed by atoms with van der Waals surface area (Å²) in [5.41, 5.74) is 1.21. The number of aliphatic hydroxyl groups is 1. The number of hydrogen-bond acceptors (Lipinski definition) is 2. The van der Waals surface area contributed by atoms with E-state index in [0.717, 1.165) is 24.7 Å². The molecule has 13 heavy (non-hydrogen) atoms. The lowest BCUT2D eigenvalue weighted by Crippen LogP contribution is -2.49. The van der Waals surface area contributed by atoms with E-state index in [0.29, 0.717) is 0 Å². The van der Waals surface area contributed by atoms with Gasteiger partial charge in [-0.1, -0.05) is 23.7 Å². The van der Waals surface area contributed by atoms with E-state index in [1.807, 2.05) is 18.2 Å². The zero-order valence-corrected chi connectivity index (χ0v) is 8.04. The summed E-state index contributed by atoms with van der Waals surface area (Å²) >= 11 is 5.85. The van der Waals surface area contributed by atoms with Gasteiger partial charge >= 0.3 is 0 Å². The molecule has 0 saturated carbocycles. The lowest BCUT2D eigenvalue weighted by Gasteiger charge is -2.35. The predicted molar refractivity (Wildman–Crippen MR) is 52.7 cm³/mol. The van der Waals surface area contributed by atoms with Gasteiger partial charge in [0.05, 0.1) is 6.10 Å². The Bertz CT molecular complexity index is 297. The number of benzene rings is 1. The van der Waals surface area contributed by atoms with Gasteiger partial charge in [-0.25, -0.2) is 0 Å². The number of aliphatic hydroxyl groups excluding tert-OH is 1. The fourth-order valence-corrected chi connectivity index (χ4v) is 1.78. The first-order chi connectivity index (χ1) is 6.24. The Morgan fingerprint density at radius 2 is 2.23 bits per heavy atom. The van der Waals surface area contributed by atoms with Crippen molar-refractivity contribution < 1.29 is 5.11 Å². The van der Waals surface area contributed by atoms with Gasteiger partial charge in [-0.15, -0.1) is 0 Å². The second kappa shape index (κ2) is 3.66. The average Bonchev–Trinajstić information content (AvgIpc) is 2.01. The van der Waals surface area contributed by atoms with Crippen molar-refractivity contribution in [2.24, 2.45) is 0 Å². The molecule has 0 radical (unpaired) electrons. The van der Waals surface area contributed by atoms with E-state index in [9.17, 15) is 0 Å². The normalized spacial score (nSPS) is 18.6. The van der Waals surface area contributed by atoms with Crippen LogP contribution in [0.15, 0.2) is 24.3 Å². The summed E-state index contributed by atoms with van der Waals surface area (Å²) in [4.78, 5) is 2.19. The molecule has 1 aromatic carbocycles. The second-order valence-corrected chi connectivity index (χ2v) is 3.91. The molecule has 0 aliphatic carbocycles. The summed E-state index contributed by atoms with van der Waals surface area (Å²) < 4.78 is 0. The third kappa shape index (κ3) is 2.21. The maximum absolute atomic E-state index is 9.08. The third-order valence-electron chi connectivity index (χ3n) is 2.23. The molecule has 1 aliphatic heterocycles. The molecule has 2 nitrogen and oxygen atoms in total. The quantitative estimate of drug-likeness (QED) is 0.777. The smallest absolute Gasteiger partial charge is 0.0794 e. The highest BCUT2D eigenvalue weighted by Crippen LogP contribution is 2.16. The van der Waals surface area contributed by atoms with Crippen molar-refractivity contribution in [2.45, 2.75) is 12.6 Å². The van der Waals surface area contributed by atoms with Crippen molar-refractivity contribution in [3.05, 3.63) is 34.9 Å². The maximum Gasteiger partial charge on any atom is 0.0794 e. The maximum atomic E-state index is 9.08. The fraction of sp³-hybridized carbons (Fsp3) is 0.400. The van der Waals surface area contributed by atoms with Crippen molar-refractivity contribution in [3.63, 3.8) is 0 Å². The molecule has 0 atom stereocenters. The average molecular weight is 198 g/mol. The van der Waals surface area contributed by atoms with Crippen molar-refractivity contribution in [1.29, 1.82) is 0 Å². The number of nitrogens with zero attached hydrogens (tertiary/aromatic N) is 1. The Morgan fingerprint density at radius 1 is 1.46 bits per heavy atom. The molecule has 1 aromatic rings. The minimum absolute atomic E-state index is 0.126. The molecule has 0 aromatic heterocycles. The van der Waals surface area contributed by atoms with E-state index in [-0.39, 0.29) is 6.10 Å². The van der Waals surface area contributed by atoms with Gasteiger partial charge < -0.3 is 5.11 Å². The Morgan fingerprint density at radius 3 is 2.85 bits per heavy atom. The van der Waals surface area contributed by atoms with Crippen molar-refractivity contribution >= 4 is 11.6 Å². The van der Waals surface area contributed by atoms with E-state index < -0.39 is 0 Å². The van der Waals surface area contributed by atoms with Crippen LogP contribution in [0.2, 0.25) is 5.02 Å². The molecule has 0 spiro atoms. The first kappa shape index (κ1) is 9.00. The SMILES string of the molecule is OC1CN(Cc2cccc(Cl)c2)C1. The first-order valence-electron chi connectivity index (χ1n) is 4.39. The van der Waals surface area contributed by atoms with Crippen molar-refractivity contribution in [3.8, 4) is 0 Å². The topological polar surface area (TPSA) is 23.5 Å². The van der Waals surface area contributed by atoms with E-state index in [1.54, 1.807) is 0 Å². The summed E-state index contributed by atoms with van der Waals surface area (Å²) in [6, 6.07) is 7.84. The summed E-state index contributed by atoms with van der Waals surface area (Å²) in [5.74, 6) is 0. The number of rotatable bonds is 2. The minimum Gasteiger partial charge on any atom is -0.390 e. The molecule has 2 rings (SSSR count). The minimum atomic E-state index is -0.126. The monoisotopic (exact) mass is 197 g/mol. The Kier molecular flexibility index (Phi) is 2.54. The summed E-state index contributed by atoms with van der Waals surface area (Å²) in [6.45, 7) is 2.46. The first-order valence-corrected chi connectivity index (χ1v) is 4.77. The van der Waals surface area contributed by atoms with Gasteiger partial charge in [0.2, 0.25) is 0 Å². The van der Waals surface area contributed by atoms with Gasteiger partial charge in [0, 0.05) is 24.7 Å². The van der Waals surface area contributed by atoms with Crippen LogP contribution in [0.5, 0.6) is 0 Å². The van der Waals surface area contributed by atoms with Gasteiger partial charge in [-0.2, -0.15) is 0 Å². The van der Waals surface area contributed by atoms with Crippen LogP contribution in [0.4, 0.5) is 0 Å². The summed E-state index contributed by atoms with van der Waals surface area (Å²) in [5, 5.41) is 9.86. The van der Waals surface area contributed by atoms with E-state index in [1.165, 1.54) is 5.56 Å². The summed E-state index contributed by atoms with van der Waals surface area (Å²) in [7, 11) is 0. The third-order valence-corrected chi connectivity index (χ3v) is 2.47. The highest BCUT2D eigenvalue weighted by atomic mass is 35.5. The number of halogens is 1. The van der Waals surface area contributed by atoms with Gasteiger partial charge in [0.1, 0.15) is 0 Å². The summed E-state index contributed by atoms with van der Waals surface area (Å²) in [6.07, 6.45) is -0.126. The standard InChI is InChI=1S/C10H12ClNO/c11-9-3-1-2-8(4-9)5-12-6-10(13)7-12/h1-4,10,13H,5-7H2. The highest BCUT2D eigenvalue weighted by molar-refractivity contribution is 6.30. The van der Waals surface area contributed by atoms with Crippen LogP contribution in [-0.4, -0.2) is 29.2 Å². The zero-order chi connectivity index (χ0) is 9.26. The molecule has 1 N–H and O–H groups in total. The molecular formula is C10H12ClNO. The molecule has 1 heterocycles. The van der Waals surface area contributed by atoms with Crippen LogP contribution in [0, 0.1) is 0 Å². The van der Waals surface area contributed by atoms with Crippen LogP contribution in [0.25, 0.3) is 0 Å². The van der Waals surface area contributed by atoms with Gasteiger partial charge in [-0.3, -0.25) is 4.90 Å². The largest absolute Gasteiger partial charge is 0.390 e. The van der Waals surface area contributed by atoms with Crippen LogP contribution < -0.4 is 0 Å². The Balaban J connectivity index is 1.94. The van der Waals surface area contributed by atoms with Crippen molar-refractivity contribution in [1.82, 2.24) is 4.90 Å². The molecule has 0 unspecified atom stereocenters. The highest BCUT2D eigenvalue weighted by Gasteiger charge is 2.23. The Labute approximate surface area is 82.7 Å². The predicted octanol–water partition coefficient (Wildman–Crippen LogP) is 1.52. The van der Waals surface area contributed by atoms with E-state index in [2.05, 4.69) is 11.0 Å². The van der Waals surface area contributed by atoms with E-state index in [4.69, 9.17) is 16.7 Å². The molecular weight excluding hydrogens is 186 g/mol. The molecule has 3 heteroatoms. The molecule has 0 amide bonds. The molecule has 70 valence electrons.